The standard InChI is InChI=1S/C38H26N4/c1-3-11-27(12-4-1)33-15-7-9-17-35(33)31-23-39-37(40-24-31)29-19-21-30(22-20-29)38-41-25-32(26-42-38)36-18-10-8-16-34(36)28-13-5-2-6-14-28/h1-26H. The number of rotatable bonds is 6. The zero-order valence-electron chi connectivity index (χ0n) is 22.8. The molecule has 2 heterocycles. The first-order valence-corrected chi connectivity index (χ1v) is 13.9. The van der Waals surface area contributed by atoms with Crippen LogP contribution < -0.4 is 0 Å². The molecular weight excluding hydrogens is 512 g/mol. The molecule has 0 N–H and O–H groups in total. The fourth-order valence-corrected chi connectivity index (χ4v) is 5.21. The molecule has 0 unspecified atom stereocenters. The normalized spacial score (nSPS) is 10.9. The first-order chi connectivity index (χ1) is 20.8. The minimum absolute atomic E-state index is 0.677. The van der Waals surface area contributed by atoms with Crippen LogP contribution >= 0.6 is 0 Å². The summed E-state index contributed by atoms with van der Waals surface area (Å²) in [5, 5.41) is 0. The van der Waals surface area contributed by atoms with Gasteiger partial charge in [0.15, 0.2) is 11.6 Å². The van der Waals surface area contributed by atoms with Gasteiger partial charge in [0.05, 0.1) is 0 Å². The van der Waals surface area contributed by atoms with Gasteiger partial charge in [0.25, 0.3) is 0 Å². The van der Waals surface area contributed by atoms with Crippen LogP contribution in [0.5, 0.6) is 0 Å². The molecule has 0 aliphatic rings. The van der Waals surface area contributed by atoms with Gasteiger partial charge in [-0.2, -0.15) is 0 Å². The minimum Gasteiger partial charge on any atom is -0.236 e. The highest BCUT2D eigenvalue weighted by atomic mass is 14.9. The molecule has 0 aliphatic carbocycles. The smallest absolute Gasteiger partial charge is 0.159 e. The van der Waals surface area contributed by atoms with E-state index in [1.807, 2.05) is 73.3 Å². The van der Waals surface area contributed by atoms with Crippen molar-refractivity contribution in [2.24, 2.45) is 0 Å². The van der Waals surface area contributed by atoms with Crippen molar-refractivity contribution >= 4 is 0 Å². The third kappa shape index (κ3) is 5.09. The molecule has 0 atom stereocenters. The van der Waals surface area contributed by atoms with Crippen LogP contribution in [0.1, 0.15) is 0 Å². The molecule has 0 bridgehead atoms. The molecule has 0 saturated carbocycles. The molecule has 4 heteroatoms. The SMILES string of the molecule is c1ccc(-c2ccccc2-c2cnc(-c3ccc(-c4ncc(-c5ccccc5-c5ccccc5)cn4)cc3)nc2)cc1. The number of hydrogen-bond donors (Lipinski definition) is 0. The zero-order chi connectivity index (χ0) is 28.1. The second-order valence-corrected chi connectivity index (χ2v) is 9.99. The Morgan fingerprint density at radius 1 is 0.238 bits per heavy atom. The molecule has 0 aliphatic heterocycles. The van der Waals surface area contributed by atoms with E-state index in [0.717, 1.165) is 44.5 Å². The van der Waals surface area contributed by atoms with E-state index in [1.54, 1.807) is 0 Å². The highest BCUT2D eigenvalue weighted by Crippen LogP contribution is 2.33. The Hall–Kier alpha value is -5.74. The Kier molecular flexibility index (Phi) is 6.85. The topological polar surface area (TPSA) is 51.6 Å². The van der Waals surface area contributed by atoms with Gasteiger partial charge in [0.1, 0.15) is 0 Å². The molecule has 0 spiro atoms. The molecule has 198 valence electrons. The second-order valence-electron chi connectivity index (χ2n) is 9.99. The maximum Gasteiger partial charge on any atom is 0.159 e. The van der Waals surface area contributed by atoms with E-state index in [2.05, 4.69) is 84.9 Å². The summed E-state index contributed by atoms with van der Waals surface area (Å²) in [4.78, 5) is 18.8. The van der Waals surface area contributed by atoms with Crippen LogP contribution in [0.15, 0.2) is 158 Å². The molecule has 0 radical (unpaired) electrons. The van der Waals surface area contributed by atoms with Gasteiger partial charge in [-0.05, 0) is 33.4 Å². The predicted octanol–water partition coefficient (Wildman–Crippen LogP) is 9.27. The fourth-order valence-electron chi connectivity index (χ4n) is 5.21. The molecular formula is C38H26N4. The van der Waals surface area contributed by atoms with Gasteiger partial charge < -0.3 is 0 Å². The summed E-state index contributed by atoms with van der Waals surface area (Å²) in [5.41, 5.74) is 10.7. The predicted molar refractivity (Wildman–Crippen MR) is 170 cm³/mol. The van der Waals surface area contributed by atoms with Crippen molar-refractivity contribution in [1.29, 1.82) is 0 Å². The molecule has 0 saturated heterocycles. The van der Waals surface area contributed by atoms with E-state index in [4.69, 9.17) is 19.9 Å². The van der Waals surface area contributed by atoms with E-state index in [1.165, 1.54) is 11.1 Å². The van der Waals surface area contributed by atoms with Gasteiger partial charge in [0, 0.05) is 47.0 Å². The van der Waals surface area contributed by atoms with Crippen LogP contribution in [-0.4, -0.2) is 19.9 Å². The van der Waals surface area contributed by atoms with E-state index < -0.39 is 0 Å². The van der Waals surface area contributed by atoms with Gasteiger partial charge >= 0.3 is 0 Å². The highest BCUT2D eigenvalue weighted by Gasteiger charge is 2.11. The number of benzene rings is 5. The van der Waals surface area contributed by atoms with Crippen LogP contribution in [0.4, 0.5) is 0 Å². The lowest BCUT2D eigenvalue weighted by Crippen LogP contribution is -1.93. The summed E-state index contributed by atoms with van der Waals surface area (Å²) in [6.07, 6.45) is 7.58. The molecule has 4 nitrogen and oxygen atoms in total. The maximum absolute atomic E-state index is 4.70. The summed E-state index contributed by atoms with van der Waals surface area (Å²) in [5.74, 6) is 1.35. The summed E-state index contributed by atoms with van der Waals surface area (Å²) in [7, 11) is 0. The van der Waals surface area contributed by atoms with Gasteiger partial charge in [-0.1, -0.05) is 133 Å². The Labute approximate surface area is 245 Å². The monoisotopic (exact) mass is 538 g/mol. The van der Waals surface area contributed by atoms with Crippen molar-refractivity contribution in [2.45, 2.75) is 0 Å². The summed E-state index contributed by atoms with van der Waals surface area (Å²) >= 11 is 0. The third-order valence-corrected chi connectivity index (χ3v) is 7.35. The number of nitrogens with zero attached hydrogens (tertiary/aromatic N) is 4. The maximum atomic E-state index is 4.70. The van der Waals surface area contributed by atoms with Gasteiger partial charge in [-0.25, -0.2) is 19.9 Å². The molecule has 0 amide bonds. The Bertz CT molecular complexity index is 1790. The van der Waals surface area contributed by atoms with Crippen molar-refractivity contribution in [1.82, 2.24) is 19.9 Å². The van der Waals surface area contributed by atoms with Gasteiger partial charge in [-0.15, -0.1) is 0 Å². The van der Waals surface area contributed by atoms with Crippen LogP contribution in [-0.2, 0) is 0 Å². The Balaban J connectivity index is 1.11. The molecule has 5 aromatic carbocycles. The first kappa shape index (κ1) is 25.2. The minimum atomic E-state index is 0.677. The van der Waals surface area contributed by atoms with Crippen LogP contribution in [0, 0.1) is 0 Å². The van der Waals surface area contributed by atoms with Crippen molar-refractivity contribution < 1.29 is 0 Å². The van der Waals surface area contributed by atoms with Crippen molar-refractivity contribution in [3.63, 3.8) is 0 Å². The molecule has 0 fully saturated rings. The Morgan fingerprint density at radius 3 is 0.857 bits per heavy atom. The largest absolute Gasteiger partial charge is 0.236 e. The summed E-state index contributed by atoms with van der Waals surface area (Å²) in [6.45, 7) is 0. The van der Waals surface area contributed by atoms with Gasteiger partial charge in [0.2, 0.25) is 0 Å². The van der Waals surface area contributed by atoms with E-state index in [-0.39, 0.29) is 0 Å². The highest BCUT2D eigenvalue weighted by molar-refractivity contribution is 5.84. The molecule has 7 aromatic rings. The molecule has 2 aromatic heterocycles. The summed E-state index contributed by atoms with van der Waals surface area (Å²) < 4.78 is 0. The third-order valence-electron chi connectivity index (χ3n) is 7.35. The van der Waals surface area contributed by atoms with Crippen LogP contribution in [0.2, 0.25) is 0 Å². The quantitative estimate of drug-likeness (QED) is 0.212. The first-order valence-electron chi connectivity index (χ1n) is 13.9. The number of hydrogen-bond acceptors (Lipinski definition) is 4. The average Bonchev–Trinajstić information content (AvgIpc) is 3.09. The zero-order valence-corrected chi connectivity index (χ0v) is 22.8. The second kappa shape index (κ2) is 11.4. The van der Waals surface area contributed by atoms with E-state index in [9.17, 15) is 0 Å². The van der Waals surface area contributed by atoms with Crippen molar-refractivity contribution in [3.8, 4) is 67.3 Å². The summed E-state index contributed by atoms with van der Waals surface area (Å²) in [6, 6.07) is 45.5. The van der Waals surface area contributed by atoms with E-state index >= 15 is 0 Å². The number of aromatic nitrogens is 4. The van der Waals surface area contributed by atoms with Gasteiger partial charge in [-0.3, -0.25) is 0 Å². The average molecular weight is 539 g/mol. The lowest BCUT2D eigenvalue weighted by atomic mass is 9.96. The van der Waals surface area contributed by atoms with Crippen LogP contribution in [0.25, 0.3) is 67.3 Å². The molecule has 7 rings (SSSR count). The van der Waals surface area contributed by atoms with Crippen LogP contribution in [0.3, 0.4) is 0 Å². The lowest BCUT2D eigenvalue weighted by Gasteiger charge is -2.10. The van der Waals surface area contributed by atoms with Crippen molar-refractivity contribution in [2.75, 3.05) is 0 Å². The fraction of sp³-hybridized carbons (Fsp3) is 0. The molecule has 42 heavy (non-hydrogen) atoms. The lowest BCUT2D eigenvalue weighted by molar-refractivity contribution is 1.17. The van der Waals surface area contributed by atoms with Crippen molar-refractivity contribution in [3.05, 3.63) is 158 Å². The Morgan fingerprint density at radius 2 is 0.524 bits per heavy atom. The van der Waals surface area contributed by atoms with E-state index in [0.29, 0.717) is 11.6 Å².